The minimum atomic E-state index is 0.666. The minimum absolute atomic E-state index is 0.666. The van der Waals surface area contributed by atoms with Gasteiger partial charge in [-0.25, -0.2) is 9.97 Å². The van der Waals surface area contributed by atoms with Crippen LogP contribution in [0.25, 0.3) is 0 Å². The van der Waals surface area contributed by atoms with E-state index in [1.165, 1.54) is 11.3 Å². The molecule has 0 atom stereocenters. The van der Waals surface area contributed by atoms with Crippen LogP contribution in [0.2, 0.25) is 0 Å². The van der Waals surface area contributed by atoms with Crippen molar-refractivity contribution in [2.75, 3.05) is 23.4 Å². The van der Waals surface area contributed by atoms with Crippen LogP contribution in [0.1, 0.15) is 12.5 Å². The van der Waals surface area contributed by atoms with Gasteiger partial charge >= 0.3 is 0 Å². The molecule has 0 radical (unpaired) electrons. The van der Waals surface area contributed by atoms with Crippen LogP contribution in [0.4, 0.5) is 23.0 Å². The lowest BCUT2D eigenvalue weighted by atomic mass is 10.2. The van der Waals surface area contributed by atoms with Crippen molar-refractivity contribution in [2.45, 2.75) is 13.3 Å². The van der Waals surface area contributed by atoms with Crippen molar-refractivity contribution in [1.29, 1.82) is 0 Å². The SMILES string of the molecule is CCOc1ccc(Nc2cc(N3CCc4ccccc43)ncn2)cc1. The van der Waals surface area contributed by atoms with E-state index in [0.717, 1.165) is 36.0 Å². The third-order valence-electron chi connectivity index (χ3n) is 4.25. The molecule has 0 bridgehead atoms. The predicted octanol–water partition coefficient (Wildman–Crippen LogP) is 4.31. The first-order chi connectivity index (χ1) is 12.3. The van der Waals surface area contributed by atoms with E-state index in [1.54, 1.807) is 6.33 Å². The summed E-state index contributed by atoms with van der Waals surface area (Å²) in [4.78, 5) is 11.0. The molecular formula is C20H20N4O. The quantitative estimate of drug-likeness (QED) is 0.754. The summed E-state index contributed by atoms with van der Waals surface area (Å²) in [6.45, 7) is 3.59. The Bertz CT molecular complexity index is 864. The van der Waals surface area contributed by atoms with Gasteiger partial charge in [0.05, 0.1) is 6.61 Å². The van der Waals surface area contributed by atoms with Crippen LogP contribution in [-0.2, 0) is 6.42 Å². The monoisotopic (exact) mass is 332 g/mol. The lowest BCUT2D eigenvalue weighted by Gasteiger charge is -2.18. The van der Waals surface area contributed by atoms with E-state index < -0.39 is 0 Å². The smallest absolute Gasteiger partial charge is 0.138 e. The molecule has 25 heavy (non-hydrogen) atoms. The number of benzene rings is 2. The number of rotatable bonds is 5. The normalized spacial score (nSPS) is 12.8. The Morgan fingerprint density at radius 2 is 1.92 bits per heavy atom. The highest BCUT2D eigenvalue weighted by Crippen LogP contribution is 2.33. The molecule has 5 heteroatoms. The van der Waals surface area contributed by atoms with E-state index in [9.17, 15) is 0 Å². The van der Waals surface area contributed by atoms with Crippen molar-refractivity contribution < 1.29 is 4.74 Å². The third-order valence-corrected chi connectivity index (χ3v) is 4.25. The average molecular weight is 332 g/mol. The Hall–Kier alpha value is -3.08. The Balaban J connectivity index is 1.54. The average Bonchev–Trinajstić information content (AvgIpc) is 3.08. The number of hydrogen-bond acceptors (Lipinski definition) is 5. The number of fused-ring (bicyclic) bond motifs is 1. The second-order valence-electron chi connectivity index (χ2n) is 5.87. The summed E-state index contributed by atoms with van der Waals surface area (Å²) in [6, 6.07) is 18.3. The Morgan fingerprint density at radius 3 is 2.76 bits per heavy atom. The summed E-state index contributed by atoms with van der Waals surface area (Å²) in [5, 5.41) is 3.33. The molecule has 1 N–H and O–H groups in total. The zero-order valence-corrected chi connectivity index (χ0v) is 14.1. The summed E-state index contributed by atoms with van der Waals surface area (Å²) in [7, 11) is 0. The topological polar surface area (TPSA) is 50.3 Å². The van der Waals surface area contributed by atoms with Gasteiger partial charge in [-0.1, -0.05) is 18.2 Å². The summed E-state index contributed by atoms with van der Waals surface area (Å²) in [5.74, 6) is 2.55. The maximum atomic E-state index is 5.47. The van der Waals surface area contributed by atoms with Crippen molar-refractivity contribution in [3.8, 4) is 5.75 Å². The molecule has 1 aliphatic rings. The lowest BCUT2D eigenvalue weighted by molar-refractivity contribution is 0.340. The minimum Gasteiger partial charge on any atom is -0.494 e. The summed E-state index contributed by atoms with van der Waals surface area (Å²) >= 11 is 0. The molecule has 0 saturated heterocycles. The van der Waals surface area contributed by atoms with Crippen molar-refractivity contribution >= 4 is 23.0 Å². The van der Waals surface area contributed by atoms with Crippen LogP contribution < -0.4 is 15.0 Å². The largest absolute Gasteiger partial charge is 0.494 e. The number of para-hydroxylation sites is 1. The molecule has 0 saturated carbocycles. The van der Waals surface area contributed by atoms with Crippen LogP contribution in [0.15, 0.2) is 60.9 Å². The maximum absolute atomic E-state index is 5.47. The fourth-order valence-electron chi connectivity index (χ4n) is 3.09. The second kappa shape index (κ2) is 6.81. The Morgan fingerprint density at radius 1 is 1.08 bits per heavy atom. The van der Waals surface area contributed by atoms with Crippen LogP contribution in [-0.4, -0.2) is 23.1 Å². The van der Waals surface area contributed by atoms with Crippen molar-refractivity contribution in [3.05, 3.63) is 66.5 Å². The fourth-order valence-corrected chi connectivity index (χ4v) is 3.09. The van der Waals surface area contributed by atoms with Gasteiger partial charge in [0.15, 0.2) is 0 Å². The first-order valence-corrected chi connectivity index (χ1v) is 8.51. The van der Waals surface area contributed by atoms with Gasteiger partial charge in [-0.15, -0.1) is 0 Å². The van der Waals surface area contributed by atoms with Crippen molar-refractivity contribution in [1.82, 2.24) is 9.97 Å². The molecule has 0 aliphatic carbocycles. The molecule has 5 nitrogen and oxygen atoms in total. The van der Waals surface area contributed by atoms with Gasteiger partial charge in [0.2, 0.25) is 0 Å². The van der Waals surface area contributed by atoms with E-state index >= 15 is 0 Å². The highest BCUT2D eigenvalue weighted by Gasteiger charge is 2.20. The van der Waals surface area contributed by atoms with Gasteiger partial charge in [-0.3, -0.25) is 0 Å². The molecule has 0 spiro atoms. The van der Waals surface area contributed by atoms with Crippen molar-refractivity contribution in [2.24, 2.45) is 0 Å². The van der Waals surface area contributed by atoms with Crippen LogP contribution in [0.3, 0.4) is 0 Å². The molecule has 126 valence electrons. The van der Waals surface area contributed by atoms with Gasteiger partial charge in [0, 0.05) is 24.0 Å². The second-order valence-corrected chi connectivity index (χ2v) is 5.87. The van der Waals surface area contributed by atoms with Crippen LogP contribution in [0, 0.1) is 0 Å². The zero-order valence-electron chi connectivity index (χ0n) is 14.1. The molecule has 3 aromatic rings. The van der Waals surface area contributed by atoms with Gasteiger partial charge in [-0.2, -0.15) is 0 Å². The standard InChI is InChI=1S/C20H20N4O/c1-2-25-17-9-7-16(8-10-17)23-19-13-20(22-14-21-19)24-12-11-15-5-3-4-6-18(15)24/h3-10,13-14H,2,11-12H2,1H3,(H,21,22,23). The number of aromatic nitrogens is 2. The van der Waals surface area contributed by atoms with E-state index in [1.807, 2.05) is 37.3 Å². The molecule has 0 fully saturated rings. The highest BCUT2D eigenvalue weighted by molar-refractivity contribution is 5.69. The van der Waals surface area contributed by atoms with E-state index in [4.69, 9.17) is 4.74 Å². The molecule has 1 aromatic heterocycles. The van der Waals surface area contributed by atoms with Crippen molar-refractivity contribution in [3.63, 3.8) is 0 Å². The molecular weight excluding hydrogens is 312 g/mol. The van der Waals surface area contributed by atoms with E-state index in [2.05, 4.69) is 44.5 Å². The first-order valence-electron chi connectivity index (χ1n) is 8.51. The molecule has 4 rings (SSSR count). The van der Waals surface area contributed by atoms with Gasteiger partial charge in [0.1, 0.15) is 23.7 Å². The fraction of sp³-hybridized carbons (Fsp3) is 0.200. The number of ether oxygens (including phenoxy) is 1. The van der Waals surface area contributed by atoms with E-state index in [0.29, 0.717) is 6.61 Å². The molecule has 2 aromatic carbocycles. The third kappa shape index (κ3) is 3.26. The maximum Gasteiger partial charge on any atom is 0.138 e. The van der Waals surface area contributed by atoms with Gasteiger partial charge < -0.3 is 15.0 Å². The summed E-state index contributed by atoms with van der Waals surface area (Å²) < 4.78 is 5.47. The molecule has 1 aliphatic heterocycles. The predicted molar refractivity (Wildman–Crippen MR) is 100 cm³/mol. The number of hydrogen-bond donors (Lipinski definition) is 1. The Labute approximate surface area is 147 Å². The number of anilines is 4. The summed E-state index contributed by atoms with van der Waals surface area (Å²) in [5.41, 5.74) is 3.56. The highest BCUT2D eigenvalue weighted by atomic mass is 16.5. The van der Waals surface area contributed by atoms with Gasteiger partial charge in [0.25, 0.3) is 0 Å². The number of nitrogens with one attached hydrogen (secondary N) is 1. The summed E-state index contributed by atoms with van der Waals surface area (Å²) in [6.07, 6.45) is 2.65. The molecule has 0 unspecified atom stereocenters. The van der Waals surface area contributed by atoms with Crippen LogP contribution >= 0.6 is 0 Å². The zero-order chi connectivity index (χ0) is 17.1. The van der Waals surface area contributed by atoms with Crippen LogP contribution in [0.5, 0.6) is 5.75 Å². The molecule has 2 heterocycles. The Kier molecular flexibility index (Phi) is 4.21. The van der Waals surface area contributed by atoms with E-state index in [-0.39, 0.29) is 0 Å². The lowest BCUT2D eigenvalue weighted by Crippen LogP contribution is -2.15. The number of nitrogens with zero attached hydrogens (tertiary/aromatic N) is 3. The van der Waals surface area contributed by atoms with Gasteiger partial charge in [-0.05, 0) is 49.2 Å². The first kappa shape index (κ1) is 15.4. The molecule has 0 amide bonds.